The third-order valence-electron chi connectivity index (χ3n) is 2.34. The Balaban J connectivity index is 2.20. The van der Waals surface area contributed by atoms with Gasteiger partial charge in [0.05, 0.1) is 17.4 Å². The average Bonchev–Trinajstić information content (AvgIpc) is 2.65. The van der Waals surface area contributed by atoms with E-state index in [0.29, 0.717) is 12.3 Å². The van der Waals surface area contributed by atoms with Crippen LogP contribution in [0.5, 0.6) is 0 Å². The summed E-state index contributed by atoms with van der Waals surface area (Å²) in [7, 11) is 0. The summed E-state index contributed by atoms with van der Waals surface area (Å²) in [6, 6.07) is 5.73. The summed E-state index contributed by atoms with van der Waals surface area (Å²) in [5.41, 5.74) is 1.67. The number of aromatic nitrogens is 2. The monoisotopic (exact) mass is 217 g/mol. The van der Waals surface area contributed by atoms with Crippen molar-refractivity contribution in [2.24, 2.45) is 5.92 Å². The lowest BCUT2D eigenvalue weighted by molar-refractivity contribution is -0.116. The van der Waals surface area contributed by atoms with Crippen molar-refractivity contribution < 1.29 is 4.79 Å². The van der Waals surface area contributed by atoms with Crippen molar-refractivity contribution in [1.82, 2.24) is 10.2 Å². The molecule has 0 radical (unpaired) electrons. The van der Waals surface area contributed by atoms with E-state index in [1.807, 2.05) is 32.0 Å². The van der Waals surface area contributed by atoms with Gasteiger partial charge in [0.1, 0.15) is 0 Å². The first kappa shape index (κ1) is 10.7. The number of aromatic amines is 1. The third-order valence-corrected chi connectivity index (χ3v) is 2.34. The molecule has 0 unspecified atom stereocenters. The molecule has 0 aliphatic heterocycles. The summed E-state index contributed by atoms with van der Waals surface area (Å²) in [5.74, 6) is 0.401. The van der Waals surface area contributed by atoms with Crippen LogP contribution in [0.25, 0.3) is 10.9 Å². The number of amides is 1. The first-order chi connectivity index (χ1) is 7.66. The van der Waals surface area contributed by atoms with Gasteiger partial charge in [-0.05, 0) is 12.0 Å². The molecule has 1 aromatic carbocycles. The molecule has 4 nitrogen and oxygen atoms in total. The number of para-hydroxylation sites is 1. The van der Waals surface area contributed by atoms with Crippen LogP contribution in [0.15, 0.2) is 24.4 Å². The van der Waals surface area contributed by atoms with Gasteiger partial charge in [0.15, 0.2) is 0 Å². The van der Waals surface area contributed by atoms with Gasteiger partial charge in [-0.15, -0.1) is 0 Å². The van der Waals surface area contributed by atoms with E-state index < -0.39 is 0 Å². The van der Waals surface area contributed by atoms with Crippen LogP contribution in [0.3, 0.4) is 0 Å². The molecular weight excluding hydrogens is 202 g/mol. The Morgan fingerprint density at radius 1 is 1.50 bits per heavy atom. The van der Waals surface area contributed by atoms with Gasteiger partial charge >= 0.3 is 0 Å². The lowest BCUT2D eigenvalue weighted by Crippen LogP contribution is -2.14. The van der Waals surface area contributed by atoms with Crippen LogP contribution in [-0.2, 0) is 4.79 Å². The summed E-state index contributed by atoms with van der Waals surface area (Å²) in [4.78, 5) is 11.6. The van der Waals surface area contributed by atoms with Crippen molar-refractivity contribution in [3.63, 3.8) is 0 Å². The number of anilines is 1. The summed E-state index contributed by atoms with van der Waals surface area (Å²) in [6.07, 6.45) is 2.28. The minimum atomic E-state index is 0.0390. The largest absolute Gasteiger partial charge is 0.324 e. The SMILES string of the molecule is CC(C)CC(=O)Nc1cccc2cn[nH]c12. The first-order valence-corrected chi connectivity index (χ1v) is 5.39. The molecule has 84 valence electrons. The second-order valence-electron chi connectivity index (χ2n) is 4.29. The van der Waals surface area contributed by atoms with Gasteiger partial charge in [-0.1, -0.05) is 26.0 Å². The Morgan fingerprint density at radius 3 is 3.06 bits per heavy atom. The second-order valence-corrected chi connectivity index (χ2v) is 4.29. The van der Waals surface area contributed by atoms with Crippen LogP contribution in [0.1, 0.15) is 20.3 Å². The molecule has 0 aliphatic rings. The standard InChI is InChI=1S/C12H15N3O/c1-8(2)6-11(16)14-10-5-3-4-9-7-13-15-12(9)10/h3-5,7-8H,6H2,1-2H3,(H,13,15)(H,14,16). The minimum absolute atomic E-state index is 0.0390. The van der Waals surface area contributed by atoms with Crippen molar-refractivity contribution in [3.05, 3.63) is 24.4 Å². The van der Waals surface area contributed by atoms with Gasteiger partial charge in [-0.3, -0.25) is 9.89 Å². The molecule has 1 heterocycles. The van der Waals surface area contributed by atoms with Gasteiger partial charge in [0, 0.05) is 11.8 Å². The van der Waals surface area contributed by atoms with Crippen LogP contribution in [0, 0.1) is 5.92 Å². The molecule has 2 rings (SSSR count). The van der Waals surface area contributed by atoms with Crippen molar-refractivity contribution in [3.8, 4) is 0 Å². The highest BCUT2D eigenvalue weighted by atomic mass is 16.1. The van der Waals surface area contributed by atoms with Gasteiger partial charge in [-0.25, -0.2) is 0 Å². The molecule has 0 bridgehead atoms. The fourth-order valence-corrected chi connectivity index (χ4v) is 1.65. The molecule has 0 atom stereocenters. The van der Waals surface area contributed by atoms with Gasteiger partial charge < -0.3 is 5.32 Å². The Hall–Kier alpha value is -1.84. The average molecular weight is 217 g/mol. The van der Waals surface area contributed by atoms with E-state index in [9.17, 15) is 4.79 Å². The third kappa shape index (κ3) is 2.21. The maximum atomic E-state index is 11.6. The van der Waals surface area contributed by atoms with Gasteiger partial charge in [-0.2, -0.15) is 5.10 Å². The number of fused-ring (bicyclic) bond motifs is 1. The zero-order valence-electron chi connectivity index (χ0n) is 9.45. The highest BCUT2D eigenvalue weighted by Gasteiger charge is 2.08. The predicted molar refractivity (Wildman–Crippen MR) is 64.2 cm³/mol. The Bertz CT molecular complexity index is 502. The molecule has 0 spiro atoms. The molecular formula is C12H15N3O. The molecule has 1 aromatic heterocycles. The number of nitrogens with one attached hydrogen (secondary N) is 2. The highest BCUT2D eigenvalue weighted by molar-refractivity contribution is 6.00. The Kier molecular flexibility index (Phi) is 2.90. The number of hydrogen-bond acceptors (Lipinski definition) is 2. The normalized spacial score (nSPS) is 10.9. The molecule has 1 amide bonds. The molecule has 0 saturated carbocycles. The zero-order chi connectivity index (χ0) is 11.5. The minimum Gasteiger partial charge on any atom is -0.324 e. The number of benzene rings is 1. The van der Waals surface area contributed by atoms with Gasteiger partial charge in [0.25, 0.3) is 0 Å². The maximum Gasteiger partial charge on any atom is 0.224 e. The predicted octanol–water partition coefficient (Wildman–Crippen LogP) is 2.55. The van der Waals surface area contributed by atoms with E-state index in [1.54, 1.807) is 6.20 Å². The fraction of sp³-hybridized carbons (Fsp3) is 0.333. The number of H-pyrrole nitrogens is 1. The van der Waals surface area contributed by atoms with Crippen LogP contribution in [0.2, 0.25) is 0 Å². The van der Waals surface area contributed by atoms with Crippen LogP contribution >= 0.6 is 0 Å². The summed E-state index contributed by atoms with van der Waals surface area (Å²) in [6.45, 7) is 4.05. The van der Waals surface area contributed by atoms with E-state index in [2.05, 4.69) is 15.5 Å². The highest BCUT2D eigenvalue weighted by Crippen LogP contribution is 2.20. The molecule has 0 aliphatic carbocycles. The Labute approximate surface area is 94.0 Å². The number of carbonyl (C=O) groups excluding carboxylic acids is 1. The fourth-order valence-electron chi connectivity index (χ4n) is 1.65. The molecule has 16 heavy (non-hydrogen) atoms. The first-order valence-electron chi connectivity index (χ1n) is 5.39. The smallest absolute Gasteiger partial charge is 0.224 e. The number of hydrogen-bond donors (Lipinski definition) is 2. The lowest BCUT2D eigenvalue weighted by Gasteiger charge is -2.07. The van der Waals surface area contributed by atoms with Gasteiger partial charge in [0.2, 0.25) is 5.91 Å². The quantitative estimate of drug-likeness (QED) is 0.830. The van der Waals surface area contributed by atoms with Crippen LogP contribution in [-0.4, -0.2) is 16.1 Å². The number of carbonyl (C=O) groups is 1. The summed E-state index contributed by atoms with van der Waals surface area (Å²) >= 11 is 0. The van der Waals surface area contributed by atoms with Crippen molar-refractivity contribution >= 4 is 22.5 Å². The second kappa shape index (κ2) is 4.35. The number of rotatable bonds is 3. The summed E-state index contributed by atoms with van der Waals surface area (Å²) < 4.78 is 0. The molecule has 4 heteroatoms. The van der Waals surface area contributed by atoms with Crippen molar-refractivity contribution in [2.45, 2.75) is 20.3 Å². The maximum absolute atomic E-state index is 11.6. The van der Waals surface area contributed by atoms with Crippen LogP contribution in [0.4, 0.5) is 5.69 Å². The summed E-state index contributed by atoms with van der Waals surface area (Å²) in [5, 5.41) is 10.7. The molecule has 0 saturated heterocycles. The number of nitrogens with zero attached hydrogens (tertiary/aromatic N) is 1. The van der Waals surface area contributed by atoms with Crippen molar-refractivity contribution in [1.29, 1.82) is 0 Å². The van der Waals surface area contributed by atoms with E-state index in [4.69, 9.17) is 0 Å². The topological polar surface area (TPSA) is 57.8 Å². The molecule has 2 N–H and O–H groups in total. The van der Waals surface area contributed by atoms with E-state index in [-0.39, 0.29) is 5.91 Å². The molecule has 0 fully saturated rings. The zero-order valence-corrected chi connectivity index (χ0v) is 9.45. The molecule has 2 aromatic rings. The van der Waals surface area contributed by atoms with E-state index in [1.165, 1.54) is 0 Å². The van der Waals surface area contributed by atoms with E-state index in [0.717, 1.165) is 16.6 Å². The van der Waals surface area contributed by atoms with Crippen LogP contribution < -0.4 is 5.32 Å². The van der Waals surface area contributed by atoms with Crippen molar-refractivity contribution in [2.75, 3.05) is 5.32 Å². The van der Waals surface area contributed by atoms with E-state index >= 15 is 0 Å². The lowest BCUT2D eigenvalue weighted by atomic mass is 10.1. The Morgan fingerprint density at radius 2 is 2.31 bits per heavy atom.